The van der Waals surface area contributed by atoms with E-state index in [0.29, 0.717) is 19.7 Å². The lowest BCUT2D eigenvalue weighted by molar-refractivity contribution is 0.0186. The van der Waals surface area contributed by atoms with Crippen molar-refractivity contribution in [2.45, 2.75) is 19.9 Å². The number of rotatable bonds is 11. The van der Waals surface area contributed by atoms with Crippen molar-refractivity contribution in [2.75, 3.05) is 71.2 Å². The molecule has 1 aromatic heterocycles. The van der Waals surface area contributed by atoms with Gasteiger partial charge in [0.25, 0.3) is 0 Å². The summed E-state index contributed by atoms with van der Waals surface area (Å²) < 4.78 is 33.1. The molecule has 2 heterocycles. The SMILES string of the molecule is CCNC(=NCC(c1ccc(C)s1)N1CCOCC1)NCCOCCS(C)(=O)=O.I. The fraction of sp³-hybridized carbons (Fsp3) is 0.737. The van der Waals surface area contributed by atoms with Crippen LogP contribution in [0.4, 0.5) is 0 Å². The minimum atomic E-state index is -2.98. The number of sulfone groups is 1. The third-order valence-electron chi connectivity index (χ3n) is 4.48. The predicted octanol–water partition coefficient (Wildman–Crippen LogP) is 1.66. The van der Waals surface area contributed by atoms with Gasteiger partial charge in [-0.1, -0.05) is 0 Å². The summed E-state index contributed by atoms with van der Waals surface area (Å²) in [7, 11) is -2.98. The number of hydrogen-bond acceptors (Lipinski definition) is 7. The Morgan fingerprint density at radius 2 is 2.03 bits per heavy atom. The molecular formula is C19H35IN4O4S2. The van der Waals surface area contributed by atoms with Crippen molar-refractivity contribution in [3.63, 3.8) is 0 Å². The largest absolute Gasteiger partial charge is 0.379 e. The number of morpholine rings is 1. The Morgan fingerprint density at radius 3 is 2.63 bits per heavy atom. The Labute approximate surface area is 201 Å². The number of halogens is 1. The highest BCUT2D eigenvalue weighted by Gasteiger charge is 2.23. The first kappa shape index (κ1) is 27.6. The molecule has 0 aromatic carbocycles. The topological polar surface area (TPSA) is 92.3 Å². The van der Waals surface area contributed by atoms with Gasteiger partial charge < -0.3 is 20.1 Å². The normalized spacial score (nSPS) is 16.7. The molecule has 0 bridgehead atoms. The van der Waals surface area contributed by atoms with Crippen LogP contribution in [0, 0.1) is 6.92 Å². The first-order chi connectivity index (χ1) is 13.9. The number of guanidine groups is 1. The summed E-state index contributed by atoms with van der Waals surface area (Å²) in [4.78, 5) is 9.87. The lowest BCUT2D eigenvalue weighted by Crippen LogP contribution is -2.42. The van der Waals surface area contributed by atoms with E-state index in [4.69, 9.17) is 14.5 Å². The molecule has 1 aliphatic rings. The van der Waals surface area contributed by atoms with Crippen LogP contribution in [0.25, 0.3) is 0 Å². The van der Waals surface area contributed by atoms with Gasteiger partial charge in [0.1, 0.15) is 9.84 Å². The van der Waals surface area contributed by atoms with Gasteiger partial charge in [-0.25, -0.2) is 8.42 Å². The number of thiophene rings is 1. The zero-order valence-electron chi connectivity index (χ0n) is 18.1. The molecule has 11 heteroatoms. The molecule has 0 saturated carbocycles. The quantitative estimate of drug-likeness (QED) is 0.180. The predicted molar refractivity (Wildman–Crippen MR) is 134 cm³/mol. The Bertz CT molecular complexity index is 737. The molecule has 1 unspecified atom stereocenters. The molecule has 2 rings (SSSR count). The first-order valence-corrected chi connectivity index (χ1v) is 12.9. The maximum atomic E-state index is 11.1. The minimum absolute atomic E-state index is 0. The van der Waals surface area contributed by atoms with Gasteiger partial charge in [-0.3, -0.25) is 9.89 Å². The Balaban J connectivity index is 0.00000450. The van der Waals surface area contributed by atoms with Gasteiger partial charge in [-0.2, -0.15) is 0 Å². The van der Waals surface area contributed by atoms with Gasteiger partial charge in [0, 0.05) is 42.2 Å². The van der Waals surface area contributed by atoms with Gasteiger partial charge in [0.2, 0.25) is 0 Å². The molecule has 1 atom stereocenters. The third kappa shape index (κ3) is 10.7. The van der Waals surface area contributed by atoms with Gasteiger partial charge in [0.05, 0.1) is 44.8 Å². The van der Waals surface area contributed by atoms with E-state index < -0.39 is 9.84 Å². The smallest absolute Gasteiger partial charge is 0.191 e. The molecule has 0 spiro atoms. The second kappa shape index (κ2) is 14.6. The second-order valence-electron chi connectivity index (χ2n) is 7.00. The minimum Gasteiger partial charge on any atom is -0.379 e. The van der Waals surface area contributed by atoms with Crippen molar-refractivity contribution in [1.82, 2.24) is 15.5 Å². The number of nitrogens with one attached hydrogen (secondary N) is 2. The van der Waals surface area contributed by atoms with Crippen LogP contribution in [-0.4, -0.2) is 90.4 Å². The summed E-state index contributed by atoms with van der Waals surface area (Å²) >= 11 is 1.82. The summed E-state index contributed by atoms with van der Waals surface area (Å²) in [5, 5.41) is 6.52. The van der Waals surface area contributed by atoms with E-state index in [-0.39, 0.29) is 42.4 Å². The van der Waals surface area contributed by atoms with E-state index in [9.17, 15) is 8.42 Å². The Hall–Kier alpha value is -0.470. The zero-order valence-corrected chi connectivity index (χ0v) is 22.0. The fourth-order valence-electron chi connectivity index (χ4n) is 2.98. The molecular weight excluding hydrogens is 539 g/mol. The average molecular weight is 575 g/mol. The Morgan fingerprint density at radius 1 is 1.30 bits per heavy atom. The molecule has 0 radical (unpaired) electrons. The summed E-state index contributed by atoms with van der Waals surface area (Å²) in [6.07, 6.45) is 1.21. The van der Waals surface area contributed by atoms with E-state index in [0.717, 1.165) is 38.8 Å². The average Bonchev–Trinajstić information content (AvgIpc) is 3.10. The summed E-state index contributed by atoms with van der Waals surface area (Å²) in [6, 6.07) is 4.60. The van der Waals surface area contributed by atoms with E-state index in [2.05, 4.69) is 34.6 Å². The fourth-order valence-corrected chi connectivity index (χ4v) is 4.40. The van der Waals surface area contributed by atoms with E-state index >= 15 is 0 Å². The molecule has 174 valence electrons. The van der Waals surface area contributed by atoms with Crippen LogP contribution in [0.2, 0.25) is 0 Å². The van der Waals surface area contributed by atoms with Crippen LogP contribution in [-0.2, 0) is 19.3 Å². The highest BCUT2D eigenvalue weighted by Crippen LogP contribution is 2.28. The van der Waals surface area contributed by atoms with Crippen LogP contribution >= 0.6 is 35.3 Å². The molecule has 1 aliphatic heterocycles. The van der Waals surface area contributed by atoms with Gasteiger partial charge in [-0.15, -0.1) is 35.3 Å². The van der Waals surface area contributed by atoms with Crippen LogP contribution in [0.3, 0.4) is 0 Å². The van der Waals surface area contributed by atoms with Crippen molar-refractivity contribution in [3.8, 4) is 0 Å². The summed E-state index contributed by atoms with van der Waals surface area (Å²) in [5.74, 6) is 0.786. The molecule has 8 nitrogen and oxygen atoms in total. The number of hydrogen-bond donors (Lipinski definition) is 2. The third-order valence-corrected chi connectivity index (χ3v) is 6.49. The molecule has 1 aromatic rings. The van der Waals surface area contributed by atoms with Crippen LogP contribution in [0.1, 0.15) is 22.7 Å². The molecule has 0 aliphatic carbocycles. The standard InChI is InChI=1S/C19H34N4O4S2.HI/c1-4-20-19(21-7-10-26-13-14-29(3,24)25)22-15-17(18-6-5-16(2)28-18)23-8-11-27-12-9-23;/h5-6,17H,4,7-15H2,1-3H3,(H2,20,21,22);1H. The zero-order chi connectivity index (χ0) is 21.1. The highest BCUT2D eigenvalue weighted by molar-refractivity contribution is 14.0. The molecule has 1 saturated heterocycles. The van der Waals surface area contributed by atoms with Gasteiger partial charge >= 0.3 is 0 Å². The van der Waals surface area contributed by atoms with Crippen molar-refractivity contribution < 1.29 is 17.9 Å². The molecule has 0 amide bonds. The van der Waals surface area contributed by atoms with Crippen molar-refractivity contribution in [3.05, 3.63) is 21.9 Å². The van der Waals surface area contributed by atoms with E-state index in [1.807, 2.05) is 18.3 Å². The van der Waals surface area contributed by atoms with Gasteiger partial charge in [-0.05, 0) is 26.0 Å². The summed E-state index contributed by atoms with van der Waals surface area (Å²) in [6.45, 7) is 10.1. The highest BCUT2D eigenvalue weighted by atomic mass is 127. The van der Waals surface area contributed by atoms with Crippen molar-refractivity contribution in [1.29, 1.82) is 0 Å². The van der Waals surface area contributed by atoms with Crippen LogP contribution < -0.4 is 10.6 Å². The lowest BCUT2D eigenvalue weighted by Gasteiger charge is -2.33. The Kier molecular flexibility index (Phi) is 13.4. The van der Waals surface area contributed by atoms with Crippen molar-refractivity contribution >= 4 is 51.1 Å². The molecule has 1 fully saturated rings. The van der Waals surface area contributed by atoms with Crippen molar-refractivity contribution in [2.24, 2.45) is 4.99 Å². The van der Waals surface area contributed by atoms with Gasteiger partial charge in [0.15, 0.2) is 5.96 Å². The lowest BCUT2D eigenvalue weighted by atomic mass is 10.2. The van der Waals surface area contributed by atoms with Crippen LogP contribution in [0.5, 0.6) is 0 Å². The number of aliphatic imine (C=N–C) groups is 1. The second-order valence-corrected chi connectivity index (χ2v) is 10.6. The maximum absolute atomic E-state index is 11.1. The number of aryl methyl sites for hydroxylation is 1. The molecule has 30 heavy (non-hydrogen) atoms. The van der Waals surface area contributed by atoms with Crippen LogP contribution in [0.15, 0.2) is 17.1 Å². The van der Waals surface area contributed by atoms with E-state index in [1.165, 1.54) is 16.0 Å². The van der Waals surface area contributed by atoms with E-state index in [1.54, 1.807) is 0 Å². The molecule has 2 N–H and O–H groups in total. The number of nitrogens with zero attached hydrogens (tertiary/aromatic N) is 2. The first-order valence-electron chi connectivity index (χ1n) is 10.0. The monoisotopic (exact) mass is 574 g/mol. The maximum Gasteiger partial charge on any atom is 0.191 e. The number of ether oxygens (including phenoxy) is 2. The summed E-state index contributed by atoms with van der Waals surface area (Å²) in [5.41, 5.74) is 0.